The normalized spacial score (nSPS) is 23.1. The van der Waals surface area contributed by atoms with Crippen molar-refractivity contribution in [2.75, 3.05) is 5.32 Å². The van der Waals surface area contributed by atoms with E-state index in [1.165, 1.54) is 0 Å². The number of hydrogen-bond donors (Lipinski definition) is 4. The summed E-state index contributed by atoms with van der Waals surface area (Å²) in [5.74, 6) is 0.598. The third-order valence-electron chi connectivity index (χ3n) is 6.02. The van der Waals surface area contributed by atoms with Crippen molar-refractivity contribution in [2.24, 2.45) is 0 Å². The van der Waals surface area contributed by atoms with E-state index in [0.29, 0.717) is 5.15 Å². The summed E-state index contributed by atoms with van der Waals surface area (Å²) in [7, 11) is 0. The highest BCUT2D eigenvalue weighted by Gasteiger charge is 2.33. The zero-order valence-electron chi connectivity index (χ0n) is 16.8. The minimum atomic E-state index is -0.364. The van der Waals surface area contributed by atoms with E-state index in [9.17, 15) is 9.59 Å². The summed E-state index contributed by atoms with van der Waals surface area (Å²) in [6.07, 6.45) is 7.59. The highest BCUT2D eigenvalue weighted by atomic mass is 35.5. The van der Waals surface area contributed by atoms with Gasteiger partial charge in [-0.3, -0.25) is 9.59 Å². The average molecular weight is 439 g/mol. The molecular weight excluding hydrogens is 416 g/mol. The van der Waals surface area contributed by atoms with Crippen LogP contribution in [-0.2, 0) is 9.59 Å². The van der Waals surface area contributed by atoms with Crippen LogP contribution in [0.1, 0.15) is 32.1 Å². The molecule has 1 saturated carbocycles. The molecule has 4 N–H and O–H groups in total. The van der Waals surface area contributed by atoms with Gasteiger partial charge in [-0.1, -0.05) is 11.6 Å². The Morgan fingerprint density at radius 3 is 2.71 bits per heavy atom. The lowest BCUT2D eigenvalue weighted by Gasteiger charge is -2.32. The first-order chi connectivity index (χ1) is 15.0. The number of β-lactam (4-membered cyclic amide) rings is 1. The Morgan fingerprint density at radius 1 is 1.16 bits per heavy atom. The van der Waals surface area contributed by atoms with Gasteiger partial charge in [0.25, 0.3) is 0 Å². The van der Waals surface area contributed by atoms with Crippen molar-refractivity contribution >= 4 is 40.3 Å². The first kappa shape index (κ1) is 19.8. The van der Waals surface area contributed by atoms with E-state index in [2.05, 4.69) is 30.9 Å². The topological polar surface area (TPSA) is 112 Å². The number of aromatic nitrogens is 3. The van der Waals surface area contributed by atoms with E-state index in [4.69, 9.17) is 11.6 Å². The van der Waals surface area contributed by atoms with E-state index >= 15 is 0 Å². The van der Waals surface area contributed by atoms with E-state index in [1.54, 1.807) is 6.20 Å². The molecular formula is C22H23ClN6O2. The molecule has 2 fully saturated rings. The molecule has 0 spiro atoms. The number of anilines is 1. The molecule has 2 amide bonds. The molecule has 3 aromatic heterocycles. The van der Waals surface area contributed by atoms with Gasteiger partial charge in [-0.25, -0.2) is 9.97 Å². The van der Waals surface area contributed by atoms with Gasteiger partial charge in [-0.2, -0.15) is 0 Å². The number of amides is 2. The van der Waals surface area contributed by atoms with E-state index < -0.39 is 0 Å². The number of carbonyl (C=O) groups is 2. The fourth-order valence-electron chi connectivity index (χ4n) is 4.33. The first-order valence-corrected chi connectivity index (χ1v) is 10.9. The largest absolute Gasteiger partial charge is 0.367 e. The maximum atomic E-state index is 12.1. The number of carbonyl (C=O) groups excluding carboxylic acids is 2. The van der Waals surface area contributed by atoms with Crippen LogP contribution in [0.4, 0.5) is 5.82 Å². The molecule has 1 aliphatic heterocycles. The van der Waals surface area contributed by atoms with Crippen molar-refractivity contribution in [3.8, 4) is 11.1 Å². The molecule has 0 bridgehead atoms. The number of aromatic amines is 1. The number of hydrogen-bond acceptors (Lipinski definition) is 5. The van der Waals surface area contributed by atoms with Gasteiger partial charge in [0, 0.05) is 35.4 Å². The molecule has 4 heterocycles. The summed E-state index contributed by atoms with van der Waals surface area (Å²) in [4.78, 5) is 35.1. The zero-order valence-corrected chi connectivity index (χ0v) is 17.6. The van der Waals surface area contributed by atoms with Crippen LogP contribution >= 0.6 is 11.6 Å². The highest BCUT2D eigenvalue weighted by Crippen LogP contribution is 2.31. The van der Waals surface area contributed by atoms with Crippen LogP contribution < -0.4 is 16.0 Å². The Bertz CT molecular complexity index is 1130. The van der Waals surface area contributed by atoms with Crippen molar-refractivity contribution in [1.82, 2.24) is 25.6 Å². The van der Waals surface area contributed by atoms with Crippen molar-refractivity contribution in [3.05, 3.63) is 41.8 Å². The van der Waals surface area contributed by atoms with Gasteiger partial charge in [-0.15, -0.1) is 0 Å². The molecule has 0 unspecified atom stereocenters. The van der Waals surface area contributed by atoms with Crippen LogP contribution in [0.15, 0.2) is 36.7 Å². The van der Waals surface area contributed by atoms with Crippen molar-refractivity contribution in [2.45, 2.75) is 50.2 Å². The lowest BCUT2D eigenvalue weighted by molar-refractivity contribution is -0.137. The molecule has 3 aromatic rings. The third kappa shape index (κ3) is 4.20. The summed E-state index contributed by atoms with van der Waals surface area (Å²) in [5, 5.41) is 10.6. The van der Waals surface area contributed by atoms with E-state index in [0.717, 1.165) is 53.7 Å². The summed E-state index contributed by atoms with van der Waals surface area (Å²) in [6.45, 7) is 0. The second-order valence-electron chi connectivity index (χ2n) is 8.19. The predicted octanol–water partition coefficient (Wildman–Crippen LogP) is 3.01. The van der Waals surface area contributed by atoms with Crippen LogP contribution in [-0.4, -0.2) is 44.9 Å². The quantitative estimate of drug-likeness (QED) is 0.361. The molecule has 1 atom stereocenters. The Labute approximate surface area is 184 Å². The number of halogens is 1. The fraction of sp³-hybridized carbons (Fsp3) is 0.364. The fourth-order valence-corrected chi connectivity index (χ4v) is 4.54. The molecule has 5 rings (SSSR count). The zero-order chi connectivity index (χ0) is 21.4. The summed E-state index contributed by atoms with van der Waals surface area (Å²) in [5.41, 5.74) is 2.84. The molecule has 0 radical (unpaired) electrons. The van der Waals surface area contributed by atoms with Crippen LogP contribution in [0.3, 0.4) is 0 Å². The summed E-state index contributed by atoms with van der Waals surface area (Å²) < 4.78 is 0. The Hall–Kier alpha value is -3.13. The first-order valence-electron chi connectivity index (χ1n) is 10.5. The average Bonchev–Trinajstić information content (AvgIpc) is 3.17. The molecule has 8 nitrogen and oxygen atoms in total. The monoisotopic (exact) mass is 438 g/mol. The molecule has 9 heteroatoms. The molecule has 31 heavy (non-hydrogen) atoms. The maximum absolute atomic E-state index is 12.1. The Kier molecular flexibility index (Phi) is 5.23. The van der Waals surface area contributed by atoms with Crippen LogP contribution in [0, 0.1) is 0 Å². The molecule has 2 aliphatic rings. The number of H-pyrrole nitrogens is 1. The maximum Gasteiger partial charge on any atom is 0.243 e. The van der Waals surface area contributed by atoms with Gasteiger partial charge in [0.15, 0.2) is 0 Å². The van der Waals surface area contributed by atoms with Crippen molar-refractivity contribution in [3.63, 3.8) is 0 Å². The van der Waals surface area contributed by atoms with E-state index in [1.807, 2.05) is 30.5 Å². The number of nitrogens with one attached hydrogen (secondary N) is 4. The van der Waals surface area contributed by atoms with Crippen LogP contribution in [0.2, 0.25) is 5.15 Å². The van der Waals surface area contributed by atoms with Crippen molar-refractivity contribution in [1.29, 1.82) is 0 Å². The van der Waals surface area contributed by atoms with Crippen LogP contribution in [0.5, 0.6) is 0 Å². The molecule has 160 valence electrons. The second kappa shape index (κ2) is 8.19. The Morgan fingerprint density at radius 2 is 1.94 bits per heavy atom. The number of pyridine rings is 2. The standard InChI is InChI=1S/C22H23ClN6O2/c23-18-8-12(16-11-25-21-15(16)2-1-7-24-21)9-19(29-18)26-13-3-5-14(6-4-13)27-22(31)17-10-20(30)28-17/h1-2,7-9,11,13-14,17H,3-6,10H2,(H,24,25)(H,26,29)(H,27,31)(H,28,30)/t13-,14-,17-/m0/s1. The number of fused-ring (bicyclic) bond motifs is 1. The predicted molar refractivity (Wildman–Crippen MR) is 119 cm³/mol. The molecule has 1 saturated heterocycles. The van der Waals surface area contributed by atoms with E-state index in [-0.39, 0.29) is 36.4 Å². The van der Waals surface area contributed by atoms with Gasteiger partial charge >= 0.3 is 0 Å². The minimum Gasteiger partial charge on any atom is -0.367 e. The molecule has 1 aliphatic carbocycles. The lowest BCUT2D eigenvalue weighted by Crippen LogP contribution is -2.58. The highest BCUT2D eigenvalue weighted by molar-refractivity contribution is 6.29. The number of rotatable bonds is 5. The third-order valence-corrected chi connectivity index (χ3v) is 6.22. The van der Waals surface area contributed by atoms with Gasteiger partial charge < -0.3 is 20.9 Å². The second-order valence-corrected chi connectivity index (χ2v) is 8.58. The summed E-state index contributed by atoms with van der Waals surface area (Å²) in [6, 6.07) is 7.85. The van der Waals surface area contributed by atoms with Crippen molar-refractivity contribution < 1.29 is 9.59 Å². The van der Waals surface area contributed by atoms with Gasteiger partial charge in [-0.05, 0) is 55.5 Å². The smallest absolute Gasteiger partial charge is 0.243 e. The Balaban J connectivity index is 1.22. The summed E-state index contributed by atoms with van der Waals surface area (Å²) >= 11 is 6.32. The van der Waals surface area contributed by atoms with Gasteiger partial charge in [0.05, 0.1) is 6.42 Å². The minimum absolute atomic E-state index is 0.0645. The van der Waals surface area contributed by atoms with Crippen LogP contribution in [0.25, 0.3) is 22.2 Å². The molecule has 0 aromatic carbocycles. The SMILES string of the molecule is O=C1C[C@@H](C(=O)N[C@H]2CC[C@H](Nc3cc(-c4c[nH]c5ncccc45)cc(Cl)n3)CC2)N1. The number of nitrogens with zero attached hydrogens (tertiary/aromatic N) is 2. The van der Waals surface area contributed by atoms with Gasteiger partial charge in [0.2, 0.25) is 11.8 Å². The lowest BCUT2D eigenvalue weighted by atomic mass is 9.90. The van der Waals surface area contributed by atoms with Gasteiger partial charge in [0.1, 0.15) is 22.7 Å².